The summed E-state index contributed by atoms with van der Waals surface area (Å²) < 4.78 is 18.0. The van der Waals surface area contributed by atoms with Crippen LogP contribution < -0.4 is 5.19 Å². The maximum absolute atomic E-state index is 10.8. The fraction of sp³-hybridized carbons (Fsp3) is 0.538. The maximum Gasteiger partial charge on any atom is 0.357 e. The van der Waals surface area contributed by atoms with E-state index < -0.39 is 34.2 Å². The molecule has 5 nitrogen and oxygen atoms in total. The van der Waals surface area contributed by atoms with E-state index >= 15 is 0 Å². The van der Waals surface area contributed by atoms with Gasteiger partial charge in [-0.3, -0.25) is 0 Å². The molecule has 0 fully saturated rings. The highest BCUT2D eigenvalue weighted by Gasteiger charge is 2.45. The van der Waals surface area contributed by atoms with Crippen molar-refractivity contribution < 1.29 is 21.9 Å². The molecule has 0 radical (unpaired) electrons. The third-order valence-electron chi connectivity index (χ3n) is 2.74. The summed E-state index contributed by atoms with van der Waals surface area (Å²) in [5, 5.41) is 0.816. The largest absolute Gasteiger partial charge is 0.416 e. The number of benzene rings is 1. The molecule has 126 valence electrons. The van der Waals surface area contributed by atoms with Crippen molar-refractivity contribution in [2.45, 2.75) is 45.8 Å². The Kier molecular flexibility index (Phi) is 6.15. The third-order valence-corrected chi connectivity index (χ3v) is 15.6. The summed E-state index contributed by atoms with van der Waals surface area (Å²) in [6, 6.07) is 9.43. The van der Waals surface area contributed by atoms with Crippen LogP contribution in [0.25, 0.3) is 0 Å². The lowest BCUT2D eigenvalue weighted by Crippen LogP contribution is -2.60. The van der Waals surface area contributed by atoms with E-state index in [1.165, 1.54) is 0 Å². The van der Waals surface area contributed by atoms with Crippen molar-refractivity contribution in [3.05, 3.63) is 30.3 Å². The molecule has 9 heteroatoms. The number of rotatable bonds is 7. The van der Waals surface area contributed by atoms with Gasteiger partial charge in [0.15, 0.2) is 0 Å². The molecule has 0 aliphatic rings. The Bertz CT molecular complexity index is 485. The lowest BCUT2D eigenvalue weighted by Gasteiger charge is -2.38. The summed E-state index contributed by atoms with van der Waals surface area (Å²) in [7, 11) is -10.8. The van der Waals surface area contributed by atoms with Crippen LogP contribution in [0.2, 0.25) is 45.8 Å². The van der Waals surface area contributed by atoms with Crippen LogP contribution >= 0.6 is 0 Å². The first-order valence-corrected chi connectivity index (χ1v) is 18.2. The predicted octanol–water partition coefficient (Wildman–Crippen LogP) is 2.11. The van der Waals surface area contributed by atoms with Crippen LogP contribution in [-0.4, -0.2) is 43.8 Å². The van der Waals surface area contributed by atoms with E-state index in [0.29, 0.717) is 0 Å². The molecule has 0 amide bonds. The third kappa shape index (κ3) is 6.98. The second kappa shape index (κ2) is 6.79. The molecule has 0 bridgehead atoms. The Labute approximate surface area is 137 Å². The van der Waals surface area contributed by atoms with E-state index in [2.05, 4.69) is 0 Å². The summed E-state index contributed by atoms with van der Waals surface area (Å²) in [6.07, 6.45) is 0. The fourth-order valence-electron chi connectivity index (χ4n) is 2.52. The van der Waals surface area contributed by atoms with Gasteiger partial charge in [-0.1, -0.05) is 30.3 Å². The normalized spacial score (nSPS) is 16.4. The van der Waals surface area contributed by atoms with Gasteiger partial charge in [-0.25, -0.2) is 0 Å². The molecule has 0 heterocycles. The van der Waals surface area contributed by atoms with Gasteiger partial charge in [0.2, 0.25) is 0 Å². The fourth-order valence-corrected chi connectivity index (χ4v) is 18.3. The summed E-state index contributed by atoms with van der Waals surface area (Å²) in [5.41, 5.74) is 0. The van der Waals surface area contributed by atoms with Crippen LogP contribution in [-0.2, 0) is 12.3 Å². The Balaban J connectivity index is 2.82. The molecule has 0 saturated carbocycles. The molecule has 2 N–H and O–H groups in total. The quantitative estimate of drug-likeness (QED) is 0.713. The van der Waals surface area contributed by atoms with Gasteiger partial charge in [-0.2, -0.15) is 0 Å². The zero-order valence-corrected chi connectivity index (χ0v) is 18.5. The van der Waals surface area contributed by atoms with Gasteiger partial charge < -0.3 is 21.9 Å². The van der Waals surface area contributed by atoms with Gasteiger partial charge >= 0.3 is 34.2 Å². The topological polar surface area (TPSA) is 68.2 Å². The molecule has 0 spiro atoms. The van der Waals surface area contributed by atoms with Crippen LogP contribution in [0.4, 0.5) is 0 Å². The van der Waals surface area contributed by atoms with Crippen LogP contribution in [0.15, 0.2) is 30.3 Å². The lowest BCUT2D eigenvalue weighted by atomic mass is 10.4. The molecule has 1 aromatic carbocycles. The first kappa shape index (κ1) is 19.9. The zero-order chi connectivity index (χ0) is 17.2. The molecule has 0 aliphatic carbocycles. The Morgan fingerprint density at radius 1 is 0.682 bits per heavy atom. The van der Waals surface area contributed by atoms with E-state index in [1.54, 1.807) is 19.6 Å². The van der Waals surface area contributed by atoms with Gasteiger partial charge in [-0.05, 0) is 51.0 Å². The minimum Gasteiger partial charge on any atom is -0.416 e. The average Bonchev–Trinajstić information content (AvgIpc) is 2.23. The van der Waals surface area contributed by atoms with Crippen molar-refractivity contribution in [1.82, 2.24) is 0 Å². The smallest absolute Gasteiger partial charge is 0.357 e. The molecule has 0 saturated heterocycles. The molecule has 1 unspecified atom stereocenters. The van der Waals surface area contributed by atoms with Gasteiger partial charge in [0.1, 0.15) is 0 Å². The predicted molar refractivity (Wildman–Crippen MR) is 97.8 cm³/mol. The van der Waals surface area contributed by atoms with Gasteiger partial charge in [0, 0.05) is 0 Å². The van der Waals surface area contributed by atoms with Crippen LogP contribution in [0.1, 0.15) is 0 Å². The first-order valence-electron chi connectivity index (χ1n) is 7.33. The van der Waals surface area contributed by atoms with Crippen LogP contribution in [0.5, 0.6) is 0 Å². The summed E-state index contributed by atoms with van der Waals surface area (Å²) in [4.78, 5) is 20.7. The maximum atomic E-state index is 10.8. The van der Waals surface area contributed by atoms with Gasteiger partial charge in [0.25, 0.3) is 0 Å². The molecule has 0 aromatic heterocycles. The van der Waals surface area contributed by atoms with Crippen molar-refractivity contribution in [3.63, 3.8) is 0 Å². The Morgan fingerprint density at radius 2 is 1.14 bits per heavy atom. The summed E-state index contributed by atoms with van der Waals surface area (Å²) in [5.74, 6) is 0. The van der Waals surface area contributed by atoms with E-state index in [-0.39, 0.29) is 0 Å². The average molecular weight is 377 g/mol. The van der Waals surface area contributed by atoms with Gasteiger partial charge in [-0.15, -0.1) is 0 Å². The Hall–Kier alpha value is -0.112. The first-order chi connectivity index (χ1) is 9.73. The standard InChI is InChI=1S/C13H28O5Si4/c1-19(2,14)16-20(3,4)17-21(5,6)18-22(7,15)13-11-9-8-10-12-13/h8-12,14-15H,1-7H3. The van der Waals surface area contributed by atoms with E-state index in [9.17, 15) is 9.59 Å². The minimum absolute atomic E-state index is 0.816. The van der Waals surface area contributed by atoms with Crippen LogP contribution in [0, 0.1) is 0 Å². The van der Waals surface area contributed by atoms with Crippen molar-refractivity contribution in [1.29, 1.82) is 0 Å². The molecule has 1 aromatic rings. The van der Waals surface area contributed by atoms with Crippen molar-refractivity contribution in [3.8, 4) is 0 Å². The number of hydrogen-bond donors (Lipinski definition) is 2. The van der Waals surface area contributed by atoms with Crippen molar-refractivity contribution in [2.75, 3.05) is 0 Å². The summed E-state index contributed by atoms with van der Waals surface area (Å²) >= 11 is 0. The van der Waals surface area contributed by atoms with E-state index in [0.717, 1.165) is 5.19 Å². The van der Waals surface area contributed by atoms with E-state index in [1.807, 2.05) is 56.5 Å². The van der Waals surface area contributed by atoms with Crippen molar-refractivity contribution in [2.24, 2.45) is 0 Å². The Morgan fingerprint density at radius 3 is 1.59 bits per heavy atom. The second-order valence-electron chi connectivity index (χ2n) is 6.90. The number of hydrogen-bond acceptors (Lipinski definition) is 5. The molecular weight excluding hydrogens is 348 g/mol. The second-order valence-corrected chi connectivity index (χ2v) is 20.4. The zero-order valence-electron chi connectivity index (χ0n) is 14.5. The summed E-state index contributed by atoms with van der Waals surface area (Å²) in [6.45, 7) is 12.8. The molecular formula is C13H28O5Si4. The monoisotopic (exact) mass is 376 g/mol. The SMILES string of the molecule is C[Si](C)(O)O[Si](C)(C)O[Si](C)(C)O[Si](C)(O)c1ccccc1. The lowest BCUT2D eigenvalue weighted by molar-refractivity contribution is 0.281. The van der Waals surface area contributed by atoms with Crippen LogP contribution in [0.3, 0.4) is 0 Å². The minimum atomic E-state index is -3.02. The highest BCUT2D eigenvalue weighted by molar-refractivity contribution is 6.90. The molecule has 1 rings (SSSR count). The van der Waals surface area contributed by atoms with E-state index in [4.69, 9.17) is 12.3 Å². The van der Waals surface area contributed by atoms with Crippen molar-refractivity contribution >= 4 is 39.4 Å². The highest BCUT2D eigenvalue weighted by atomic mass is 28.5. The van der Waals surface area contributed by atoms with Gasteiger partial charge in [0.05, 0.1) is 0 Å². The highest BCUT2D eigenvalue weighted by Crippen LogP contribution is 2.22. The molecule has 22 heavy (non-hydrogen) atoms. The molecule has 1 atom stereocenters. The molecule has 0 aliphatic heterocycles.